The Morgan fingerprint density at radius 2 is 1.78 bits per heavy atom. The van der Waals surface area contributed by atoms with Crippen LogP contribution < -0.4 is 10.1 Å². The normalized spacial score (nSPS) is 10.7. The molecule has 0 radical (unpaired) electrons. The quantitative estimate of drug-likeness (QED) is 0.625. The molecule has 0 aliphatic heterocycles. The minimum atomic E-state index is -0.193. The van der Waals surface area contributed by atoms with Crippen molar-refractivity contribution in [2.45, 2.75) is 13.8 Å². The van der Waals surface area contributed by atoms with E-state index in [1.165, 1.54) is 5.56 Å². The van der Waals surface area contributed by atoms with E-state index in [2.05, 4.69) is 10.3 Å². The largest absolute Gasteiger partial charge is 0.484 e. The Balaban J connectivity index is 1.57. The third kappa shape index (κ3) is 5.54. The van der Waals surface area contributed by atoms with Gasteiger partial charge in [-0.15, -0.1) is 0 Å². The Kier molecular flexibility index (Phi) is 6.00. The van der Waals surface area contributed by atoms with Gasteiger partial charge < -0.3 is 10.1 Å². The highest BCUT2D eigenvalue weighted by Gasteiger charge is 2.05. The van der Waals surface area contributed by atoms with Gasteiger partial charge in [0.05, 0.1) is 5.69 Å². The van der Waals surface area contributed by atoms with E-state index in [4.69, 9.17) is 4.74 Å². The Morgan fingerprint density at radius 1 is 0.963 bits per heavy atom. The van der Waals surface area contributed by atoms with Crippen LogP contribution >= 0.6 is 0 Å². The van der Waals surface area contributed by atoms with Gasteiger partial charge in [0.25, 0.3) is 5.91 Å². The van der Waals surface area contributed by atoms with Crippen molar-refractivity contribution >= 4 is 23.5 Å². The molecule has 3 aromatic rings. The Morgan fingerprint density at radius 3 is 2.56 bits per heavy atom. The van der Waals surface area contributed by atoms with Crippen molar-refractivity contribution in [2.75, 3.05) is 11.9 Å². The molecule has 0 aliphatic carbocycles. The summed E-state index contributed by atoms with van der Waals surface area (Å²) >= 11 is 0. The van der Waals surface area contributed by atoms with Gasteiger partial charge in [0.15, 0.2) is 6.61 Å². The molecule has 27 heavy (non-hydrogen) atoms. The molecule has 3 aromatic carbocycles. The van der Waals surface area contributed by atoms with Crippen LogP contribution in [0.25, 0.3) is 0 Å². The number of nitrogens with one attached hydrogen (secondary N) is 1. The van der Waals surface area contributed by atoms with Crippen molar-refractivity contribution in [3.8, 4) is 5.75 Å². The van der Waals surface area contributed by atoms with Crippen molar-refractivity contribution in [2.24, 2.45) is 4.99 Å². The summed E-state index contributed by atoms with van der Waals surface area (Å²) in [6.45, 7) is 4.01. The predicted octanol–water partition coefficient (Wildman–Crippen LogP) is 5.07. The number of aliphatic imine (C=N–C) groups is 1. The lowest BCUT2D eigenvalue weighted by atomic mass is 10.1. The van der Waals surface area contributed by atoms with E-state index >= 15 is 0 Å². The number of carbonyl (C=O) groups is 1. The summed E-state index contributed by atoms with van der Waals surface area (Å²) in [6.07, 6.45) is 1.78. The number of ether oxygens (including phenoxy) is 1. The molecule has 0 aliphatic rings. The third-order valence-corrected chi connectivity index (χ3v) is 4.14. The van der Waals surface area contributed by atoms with Crippen LogP contribution in [0.5, 0.6) is 5.75 Å². The first-order valence-electron chi connectivity index (χ1n) is 8.79. The van der Waals surface area contributed by atoms with Crippen LogP contribution in [0.2, 0.25) is 0 Å². The maximum absolute atomic E-state index is 12.1. The topological polar surface area (TPSA) is 50.7 Å². The Hall–Kier alpha value is -3.40. The molecule has 4 nitrogen and oxygen atoms in total. The minimum absolute atomic E-state index is 0.0494. The Bertz CT molecular complexity index is 950. The van der Waals surface area contributed by atoms with Gasteiger partial charge in [0.2, 0.25) is 0 Å². The van der Waals surface area contributed by atoms with E-state index in [9.17, 15) is 4.79 Å². The first-order valence-corrected chi connectivity index (χ1v) is 8.79. The minimum Gasteiger partial charge on any atom is -0.484 e. The van der Waals surface area contributed by atoms with Crippen LogP contribution in [0.4, 0.5) is 11.4 Å². The fourth-order valence-electron chi connectivity index (χ4n) is 2.51. The molecule has 0 atom stereocenters. The molecule has 0 fully saturated rings. The van der Waals surface area contributed by atoms with E-state index in [1.54, 1.807) is 6.21 Å². The zero-order valence-corrected chi connectivity index (χ0v) is 15.5. The van der Waals surface area contributed by atoms with Crippen LogP contribution in [0, 0.1) is 13.8 Å². The van der Waals surface area contributed by atoms with Crippen LogP contribution in [0.15, 0.2) is 77.8 Å². The van der Waals surface area contributed by atoms with Crippen molar-refractivity contribution in [3.63, 3.8) is 0 Å². The summed E-state index contributed by atoms with van der Waals surface area (Å²) < 4.78 is 5.61. The number of para-hydroxylation sites is 1. The number of benzene rings is 3. The van der Waals surface area contributed by atoms with Crippen molar-refractivity contribution in [1.82, 2.24) is 0 Å². The summed E-state index contributed by atoms with van der Waals surface area (Å²) in [4.78, 5) is 16.5. The van der Waals surface area contributed by atoms with E-state index in [-0.39, 0.29) is 12.5 Å². The number of hydrogen-bond acceptors (Lipinski definition) is 3. The highest BCUT2D eigenvalue weighted by atomic mass is 16.5. The van der Waals surface area contributed by atoms with Gasteiger partial charge in [0, 0.05) is 11.9 Å². The summed E-state index contributed by atoms with van der Waals surface area (Å²) in [7, 11) is 0. The van der Waals surface area contributed by atoms with Crippen molar-refractivity contribution in [1.29, 1.82) is 0 Å². The number of anilines is 1. The van der Waals surface area contributed by atoms with E-state index < -0.39 is 0 Å². The summed E-state index contributed by atoms with van der Waals surface area (Å²) in [5, 5.41) is 2.85. The number of nitrogens with zero attached hydrogens (tertiary/aromatic N) is 1. The number of aryl methyl sites for hydroxylation is 2. The summed E-state index contributed by atoms with van der Waals surface area (Å²) in [6, 6.07) is 23.0. The van der Waals surface area contributed by atoms with Crippen molar-refractivity contribution in [3.05, 3.63) is 89.5 Å². The van der Waals surface area contributed by atoms with E-state index in [0.717, 1.165) is 22.5 Å². The number of hydrogen-bond donors (Lipinski definition) is 1. The highest BCUT2D eigenvalue weighted by molar-refractivity contribution is 5.92. The standard InChI is InChI=1S/C23H22N2O2/c1-17-11-12-21(13-18(17)2)25-23(26)16-27-22-10-6-7-19(14-22)15-24-20-8-4-3-5-9-20/h3-15H,16H2,1-2H3,(H,25,26). The molecule has 3 rings (SSSR count). The number of amides is 1. The second kappa shape index (κ2) is 8.81. The molecule has 0 saturated carbocycles. The molecule has 1 amide bonds. The van der Waals surface area contributed by atoms with Gasteiger partial charge >= 0.3 is 0 Å². The third-order valence-electron chi connectivity index (χ3n) is 4.14. The first kappa shape index (κ1) is 18.4. The van der Waals surface area contributed by atoms with Gasteiger partial charge in [-0.25, -0.2) is 0 Å². The SMILES string of the molecule is Cc1ccc(NC(=O)COc2cccc(C=Nc3ccccc3)c2)cc1C. The second-order valence-electron chi connectivity index (χ2n) is 6.30. The molecule has 0 aromatic heterocycles. The lowest BCUT2D eigenvalue weighted by Gasteiger charge is -2.09. The van der Waals surface area contributed by atoms with E-state index in [1.807, 2.05) is 86.6 Å². The second-order valence-corrected chi connectivity index (χ2v) is 6.30. The molecule has 0 unspecified atom stereocenters. The molecule has 0 spiro atoms. The van der Waals surface area contributed by atoms with Gasteiger partial charge in [-0.1, -0.05) is 36.4 Å². The lowest BCUT2D eigenvalue weighted by molar-refractivity contribution is -0.118. The van der Waals surface area contributed by atoms with Crippen molar-refractivity contribution < 1.29 is 9.53 Å². The fraction of sp³-hybridized carbons (Fsp3) is 0.130. The fourth-order valence-corrected chi connectivity index (χ4v) is 2.51. The van der Waals surface area contributed by atoms with Crippen LogP contribution in [0.3, 0.4) is 0 Å². The molecule has 0 saturated heterocycles. The molecule has 136 valence electrons. The zero-order chi connectivity index (χ0) is 19.1. The van der Waals surface area contributed by atoms with Gasteiger partial charge in [0.1, 0.15) is 5.75 Å². The number of carbonyl (C=O) groups excluding carboxylic acids is 1. The van der Waals surface area contributed by atoms with Crippen LogP contribution in [0.1, 0.15) is 16.7 Å². The lowest BCUT2D eigenvalue weighted by Crippen LogP contribution is -2.20. The summed E-state index contributed by atoms with van der Waals surface area (Å²) in [5.74, 6) is 0.434. The maximum Gasteiger partial charge on any atom is 0.262 e. The van der Waals surface area contributed by atoms with Gasteiger partial charge in [-0.3, -0.25) is 9.79 Å². The maximum atomic E-state index is 12.1. The first-order chi connectivity index (χ1) is 13.1. The van der Waals surface area contributed by atoms with Gasteiger partial charge in [-0.05, 0) is 66.9 Å². The molecular formula is C23H22N2O2. The predicted molar refractivity (Wildman–Crippen MR) is 110 cm³/mol. The molecular weight excluding hydrogens is 336 g/mol. The molecule has 4 heteroatoms. The van der Waals surface area contributed by atoms with E-state index in [0.29, 0.717) is 5.75 Å². The molecule has 0 heterocycles. The molecule has 1 N–H and O–H groups in total. The van der Waals surface area contributed by atoms with Gasteiger partial charge in [-0.2, -0.15) is 0 Å². The highest BCUT2D eigenvalue weighted by Crippen LogP contribution is 2.16. The zero-order valence-electron chi connectivity index (χ0n) is 15.5. The summed E-state index contributed by atoms with van der Waals surface area (Å²) in [5.41, 5.74) is 4.90. The average molecular weight is 358 g/mol. The number of rotatable bonds is 6. The van der Waals surface area contributed by atoms with Crippen LogP contribution in [-0.2, 0) is 4.79 Å². The smallest absolute Gasteiger partial charge is 0.262 e. The van der Waals surface area contributed by atoms with Crippen LogP contribution in [-0.4, -0.2) is 18.7 Å². The Labute approximate surface area is 159 Å². The monoisotopic (exact) mass is 358 g/mol. The molecule has 0 bridgehead atoms. The average Bonchev–Trinajstić information content (AvgIpc) is 2.69.